The number of benzene rings is 3. The third-order valence-corrected chi connectivity index (χ3v) is 7.11. The van der Waals surface area contributed by atoms with Crippen molar-refractivity contribution >= 4 is 53.2 Å². The zero-order chi connectivity index (χ0) is 35.1. The summed E-state index contributed by atoms with van der Waals surface area (Å²) in [5, 5.41) is 22.3. The molecule has 0 aliphatic carbocycles. The molecule has 0 unspecified atom stereocenters. The Morgan fingerprint density at radius 3 is 2.43 bits per heavy atom. The van der Waals surface area contributed by atoms with Gasteiger partial charge in [-0.05, 0) is 59.2 Å². The molecular formula is C35H28N6O8. The average molecular weight is 661 g/mol. The lowest BCUT2D eigenvalue weighted by Gasteiger charge is -2.26. The van der Waals surface area contributed by atoms with Gasteiger partial charge in [0.05, 0.1) is 11.4 Å². The fourth-order valence-electron chi connectivity index (χ4n) is 4.91. The predicted octanol–water partition coefficient (Wildman–Crippen LogP) is 3.62. The molecular weight excluding hydrogens is 632 g/mol. The molecule has 5 N–H and O–H groups in total. The standard InChI is InChI=1S/C35H28N6O8/c1-21(42)37-25-10-6-12-27(18-25)41-33(46)29(31(44)39-35(41)48)16-14-24(23-8-3-2-4-9-23)13-15-28-30(43)38-34(47)40(32(28)45)26-11-5-7-22(17-26)19-49-20-36/h2-18,20,36,43H,19H2,1H3,(H,37,42)(H,38,47)(H,39,44,48). The Balaban J connectivity index is 1.55. The van der Waals surface area contributed by atoms with Crippen molar-refractivity contribution < 1.29 is 29.0 Å². The molecule has 0 spiro atoms. The van der Waals surface area contributed by atoms with E-state index in [4.69, 9.17) is 10.1 Å². The van der Waals surface area contributed by atoms with Gasteiger partial charge >= 0.3 is 11.7 Å². The molecule has 5 rings (SSSR count). The number of aromatic nitrogens is 2. The number of hydrogen-bond acceptors (Lipinski definition) is 9. The van der Waals surface area contributed by atoms with Crippen LogP contribution in [-0.4, -0.2) is 44.8 Å². The van der Waals surface area contributed by atoms with Crippen LogP contribution in [0.5, 0.6) is 5.88 Å². The van der Waals surface area contributed by atoms with Crippen LogP contribution in [0.15, 0.2) is 112 Å². The third-order valence-electron chi connectivity index (χ3n) is 7.11. The SMILES string of the molecule is CC(=O)Nc1cccc(N2C(=O)NC(=O)C(=CC=C(C=Cc3c(O)[nH]c(=O)n(-c4cccc(COC=N)c4)c3=O)c3ccccc3)C2=O)c1. The molecule has 1 aliphatic rings. The normalized spacial score (nSPS) is 14.2. The van der Waals surface area contributed by atoms with Gasteiger partial charge in [0.25, 0.3) is 17.4 Å². The van der Waals surface area contributed by atoms with E-state index in [2.05, 4.69) is 15.6 Å². The highest BCUT2D eigenvalue weighted by Crippen LogP contribution is 2.25. The van der Waals surface area contributed by atoms with Crippen LogP contribution in [0.1, 0.15) is 23.6 Å². The first kappa shape index (κ1) is 33.3. The molecule has 3 aromatic carbocycles. The molecule has 14 heteroatoms. The number of anilines is 2. The van der Waals surface area contributed by atoms with Gasteiger partial charge in [-0.2, -0.15) is 0 Å². The second-order valence-corrected chi connectivity index (χ2v) is 10.5. The maximum Gasteiger partial charge on any atom is 0.335 e. The first-order valence-electron chi connectivity index (χ1n) is 14.6. The Bertz CT molecular complexity index is 2200. The minimum atomic E-state index is -0.975. The Labute approximate surface area is 277 Å². The second kappa shape index (κ2) is 14.6. The van der Waals surface area contributed by atoms with E-state index in [0.29, 0.717) is 22.4 Å². The van der Waals surface area contributed by atoms with E-state index >= 15 is 0 Å². The molecule has 0 saturated carbocycles. The number of hydrogen-bond donors (Lipinski definition) is 5. The quantitative estimate of drug-likeness (QED) is 0.0557. The van der Waals surface area contributed by atoms with E-state index in [9.17, 15) is 33.9 Å². The molecule has 246 valence electrons. The topological polar surface area (TPSA) is 204 Å². The summed E-state index contributed by atoms with van der Waals surface area (Å²) in [4.78, 5) is 79.9. The molecule has 49 heavy (non-hydrogen) atoms. The van der Waals surface area contributed by atoms with Crippen LogP contribution in [0.3, 0.4) is 0 Å². The summed E-state index contributed by atoms with van der Waals surface area (Å²) in [6, 6.07) is 20.1. The van der Waals surface area contributed by atoms with Crippen LogP contribution in [0.2, 0.25) is 0 Å². The number of imide groups is 2. The smallest absolute Gasteiger partial charge is 0.335 e. The molecule has 0 radical (unpaired) electrons. The summed E-state index contributed by atoms with van der Waals surface area (Å²) in [6.45, 7) is 1.34. The summed E-state index contributed by atoms with van der Waals surface area (Å²) >= 11 is 0. The number of aromatic hydroxyl groups is 1. The highest BCUT2D eigenvalue weighted by molar-refractivity contribution is 6.37. The lowest BCUT2D eigenvalue weighted by molar-refractivity contribution is -0.122. The number of allylic oxidation sites excluding steroid dienone is 4. The van der Waals surface area contributed by atoms with Gasteiger partial charge in [-0.3, -0.25) is 34.9 Å². The van der Waals surface area contributed by atoms with Crippen LogP contribution < -0.4 is 26.8 Å². The minimum Gasteiger partial charge on any atom is -0.494 e. The van der Waals surface area contributed by atoms with Gasteiger partial charge < -0.3 is 15.2 Å². The van der Waals surface area contributed by atoms with E-state index in [-0.39, 0.29) is 35.0 Å². The lowest BCUT2D eigenvalue weighted by Crippen LogP contribution is -2.54. The van der Waals surface area contributed by atoms with Gasteiger partial charge in [0.15, 0.2) is 6.40 Å². The van der Waals surface area contributed by atoms with Gasteiger partial charge in [0.1, 0.15) is 17.7 Å². The number of ether oxygens (including phenoxy) is 1. The zero-order valence-electron chi connectivity index (χ0n) is 25.8. The molecule has 1 aliphatic heterocycles. The van der Waals surface area contributed by atoms with Crippen molar-refractivity contribution in [1.82, 2.24) is 14.9 Å². The van der Waals surface area contributed by atoms with E-state index in [1.807, 2.05) is 0 Å². The van der Waals surface area contributed by atoms with Crippen LogP contribution in [0.4, 0.5) is 16.2 Å². The van der Waals surface area contributed by atoms with E-state index in [1.165, 1.54) is 61.6 Å². The summed E-state index contributed by atoms with van der Waals surface area (Å²) in [6.07, 6.45) is 6.13. The van der Waals surface area contributed by atoms with Crippen molar-refractivity contribution in [3.05, 3.63) is 140 Å². The first-order valence-corrected chi connectivity index (χ1v) is 14.6. The maximum atomic E-state index is 13.5. The van der Waals surface area contributed by atoms with Gasteiger partial charge in [0, 0.05) is 12.6 Å². The molecule has 0 atom stereocenters. The van der Waals surface area contributed by atoms with Crippen LogP contribution in [0, 0.1) is 5.41 Å². The second-order valence-electron chi connectivity index (χ2n) is 10.5. The number of aromatic amines is 1. The monoisotopic (exact) mass is 660 g/mol. The van der Waals surface area contributed by atoms with Crippen molar-refractivity contribution in [1.29, 1.82) is 5.41 Å². The predicted molar refractivity (Wildman–Crippen MR) is 181 cm³/mol. The highest BCUT2D eigenvalue weighted by Gasteiger charge is 2.36. The number of amides is 5. The number of rotatable bonds is 10. The molecule has 4 aromatic rings. The van der Waals surface area contributed by atoms with E-state index in [0.717, 1.165) is 15.9 Å². The fraction of sp³-hybridized carbons (Fsp3) is 0.0571. The van der Waals surface area contributed by atoms with Gasteiger partial charge in [-0.15, -0.1) is 0 Å². The molecule has 2 heterocycles. The molecule has 0 bridgehead atoms. The largest absolute Gasteiger partial charge is 0.494 e. The molecule has 5 amide bonds. The number of carbonyl (C=O) groups is 4. The number of nitrogens with zero attached hydrogens (tertiary/aromatic N) is 2. The maximum absolute atomic E-state index is 13.5. The lowest BCUT2D eigenvalue weighted by atomic mass is 10.0. The highest BCUT2D eigenvalue weighted by atomic mass is 16.5. The van der Waals surface area contributed by atoms with Crippen molar-refractivity contribution in [3.8, 4) is 11.6 Å². The number of H-pyrrole nitrogens is 1. The van der Waals surface area contributed by atoms with Gasteiger partial charge in [-0.1, -0.05) is 60.7 Å². The number of carbonyl (C=O) groups excluding carboxylic acids is 4. The van der Waals surface area contributed by atoms with E-state index in [1.54, 1.807) is 48.5 Å². The molecule has 1 saturated heterocycles. The van der Waals surface area contributed by atoms with Gasteiger partial charge in [-0.25, -0.2) is 19.1 Å². The minimum absolute atomic E-state index is 0.0332. The van der Waals surface area contributed by atoms with Gasteiger partial charge in [0.2, 0.25) is 11.8 Å². The Morgan fingerprint density at radius 1 is 0.959 bits per heavy atom. The van der Waals surface area contributed by atoms with E-state index < -0.39 is 35.0 Å². The van der Waals surface area contributed by atoms with Crippen molar-refractivity contribution in [2.45, 2.75) is 13.5 Å². The number of nitrogens with one attached hydrogen (secondary N) is 4. The van der Waals surface area contributed by atoms with Crippen LogP contribution >= 0.6 is 0 Å². The number of urea groups is 1. The molecule has 14 nitrogen and oxygen atoms in total. The Hall–Kier alpha value is -7.09. The average Bonchev–Trinajstić information content (AvgIpc) is 3.06. The van der Waals surface area contributed by atoms with Crippen molar-refractivity contribution in [2.24, 2.45) is 0 Å². The summed E-state index contributed by atoms with van der Waals surface area (Å²) in [5.41, 5.74) is -0.186. The third kappa shape index (κ3) is 7.49. The number of barbiturate groups is 1. The van der Waals surface area contributed by atoms with Crippen LogP contribution in [-0.2, 0) is 25.7 Å². The summed E-state index contributed by atoms with van der Waals surface area (Å²) in [7, 11) is 0. The summed E-state index contributed by atoms with van der Waals surface area (Å²) < 4.78 is 5.81. The Kier molecular flexibility index (Phi) is 9.89. The fourth-order valence-corrected chi connectivity index (χ4v) is 4.91. The summed E-state index contributed by atoms with van der Waals surface area (Å²) in [5.74, 6) is -2.90. The molecule has 1 fully saturated rings. The van der Waals surface area contributed by atoms with Crippen molar-refractivity contribution in [3.63, 3.8) is 0 Å². The molecule has 1 aromatic heterocycles. The van der Waals surface area contributed by atoms with Crippen molar-refractivity contribution in [2.75, 3.05) is 10.2 Å². The van der Waals surface area contributed by atoms with Crippen LogP contribution in [0.25, 0.3) is 17.3 Å². The zero-order valence-corrected chi connectivity index (χ0v) is 25.8. The Morgan fingerprint density at radius 2 is 1.69 bits per heavy atom. The first-order chi connectivity index (χ1) is 23.6.